The van der Waals surface area contributed by atoms with E-state index >= 15 is 0 Å². The molecule has 0 aliphatic carbocycles. The Labute approximate surface area is 142 Å². The lowest BCUT2D eigenvalue weighted by atomic mass is 10.1. The average molecular weight is 329 g/mol. The van der Waals surface area contributed by atoms with Crippen LogP contribution in [-0.4, -0.2) is 55.8 Å². The zero-order chi connectivity index (χ0) is 16.5. The highest BCUT2D eigenvalue weighted by Crippen LogP contribution is 2.32. The summed E-state index contributed by atoms with van der Waals surface area (Å²) in [5, 5.41) is 0.924. The van der Waals surface area contributed by atoms with Crippen LogP contribution in [0.4, 0.5) is 10.1 Å². The van der Waals surface area contributed by atoms with Gasteiger partial charge in [0.2, 0.25) is 0 Å². The largest absolute Gasteiger partial charge is 0.379 e. The summed E-state index contributed by atoms with van der Waals surface area (Å²) in [6, 6.07) is 7.34. The third kappa shape index (κ3) is 3.10. The Bertz CT molecular complexity index is 730. The molecule has 1 aromatic carbocycles. The molecule has 128 valence electrons. The molecular formula is C19H24FN3O. The molecule has 0 radical (unpaired) electrons. The molecule has 0 amide bonds. The molecule has 2 aromatic rings. The van der Waals surface area contributed by atoms with Gasteiger partial charge in [-0.1, -0.05) is 12.1 Å². The van der Waals surface area contributed by atoms with Crippen LogP contribution in [0.1, 0.15) is 12.1 Å². The van der Waals surface area contributed by atoms with Gasteiger partial charge in [-0.3, -0.25) is 4.90 Å². The third-order valence-electron chi connectivity index (χ3n) is 5.14. The summed E-state index contributed by atoms with van der Waals surface area (Å²) in [5.74, 6) is 0.432. The molecule has 1 aromatic heterocycles. The fourth-order valence-corrected chi connectivity index (χ4v) is 3.93. The van der Waals surface area contributed by atoms with Crippen molar-refractivity contribution >= 4 is 16.6 Å². The Kier molecular flexibility index (Phi) is 4.37. The number of ether oxygens (including phenoxy) is 1. The van der Waals surface area contributed by atoms with Crippen molar-refractivity contribution in [2.75, 3.05) is 50.8 Å². The van der Waals surface area contributed by atoms with Gasteiger partial charge >= 0.3 is 0 Å². The van der Waals surface area contributed by atoms with E-state index in [-0.39, 0.29) is 5.82 Å². The van der Waals surface area contributed by atoms with Crippen LogP contribution in [0, 0.1) is 18.7 Å². The molecule has 1 unspecified atom stereocenters. The van der Waals surface area contributed by atoms with Crippen LogP contribution < -0.4 is 4.90 Å². The number of anilines is 1. The number of benzene rings is 1. The summed E-state index contributed by atoms with van der Waals surface area (Å²) in [4.78, 5) is 9.31. The molecule has 1 atom stereocenters. The van der Waals surface area contributed by atoms with E-state index in [2.05, 4.69) is 20.9 Å². The topological polar surface area (TPSA) is 28.6 Å². The first-order chi connectivity index (χ1) is 11.7. The second kappa shape index (κ2) is 6.65. The number of halogens is 1. The number of para-hydroxylation sites is 1. The van der Waals surface area contributed by atoms with Crippen LogP contribution in [0.15, 0.2) is 24.3 Å². The van der Waals surface area contributed by atoms with E-state index in [0.29, 0.717) is 11.4 Å². The predicted octanol–water partition coefficient (Wildman–Crippen LogP) is 2.84. The lowest BCUT2D eigenvalue weighted by Crippen LogP contribution is -2.39. The van der Waals surface area contributed by atoms with Crippen molar-refractivity contribution < 1.29 is 9.13 Å². The van der Waals surface area contributed by atoms with Gasteiger partial charge in [-0.15, -0.1) is 0 Å². The number of aromatic nitrogens is 1. The van der Waals surface area contributed by atoms with Crippen molar-refractivity contribution in [2.24, 2.45) is 5.92 Å². The quantitative estimate of drug-likeness (QED) is 0.866. The number of fused-ring (bicyclic) bond motifs is 1. The lowest BCUT2D eigenvalue weighted by molar-refractivity contribution is 0.0320. The number of nitrogens with zero attached hydrogens (tertiary/aromatic N) is 3. The molecule has 0 saturated carbocycles. The second-order valence-corrected chi connectivity index (χ2v) is 6.93. The van der Waals surface area contributed by atoms with Crippen LogP contribution in [0.5, 0.6) is 0 Å². The number of aryl methyl sites for hydroxylation is 1. The van der Waals surface area contributed by atoms with Crippen molar-refractivity contribution in [2.45, 2.75) is 13.3 Å². The number of morpholine rings is 1. The van der Waals surface area contributed by atoms with Gasteiger partial charge < -0.3 is 9.64 Å². The Morgan fingerprint density at radius 2 is 2.08 bits per heavy atom. The molecule has 2 fully saturated rings. The molecular weight excluding hydrogens is 305 g/mol. The molecule has 5 heteroatoms. The maximum Gasteiger partial charge on any atom is 0.149 e. The minimum atomic E-state index is -0.235. The molecule has 4 rings (SSSR count). The van der Waals surface area contributed by atoms with E-state index in [1.54, 1.807) is 6.07 Å². The van der Waals surface area contributed by atoms with E-state index in [0.717, 1.165) is 62.7 Å². The van der Waals surface area contributed by atoms with E-state index in [1.165, 1.54) is 12.5 Å². The highest BCUT2D eigenvalue weighted by atomic mass is 19.1. The minimum Gasteiger partial charge on any atom is -0.379 e. The molecule has 2 saturated heterocycles. The Morgan fingerprint density at radius 1 is 1.25 bits per heavy atom. The molecule has 24 heavy (non-hydrogen) atoms. The highest BCUT2D eigenvalue weighted by Gasteiger charge is 2.26. The zero-order valence-corrected chi connectivity index (χ0v) is 14.2. The van der Waals surface area contributed by atoms with Crippen molar-refractivity contribution in [1.29, 1.82) is 0 Å². The number of pyridine rings is 1. The SMILES string of the molecule is Cc1cc(N2CCC(CN3CCOCC3)C2)c2cccc(F)c2n1. The van der Waals surface area contributed by atoms with E-state index in [9.17, 15) is 4.39 Å². The smallest absolute Gasteiger partial charge is 0.149 e. The Balaban J connectivity index is 1.54. The van der Waals surface area contributed by atoms with Crippen LogP contribution in [0.25, 0.3) is 10.9 Å². The van der Waals surface area contributed by atoms with E-state index in [1.807, 2.05) is 13.0 Å². The summed E-state index contributed by atoms with van der Waals surface area (Å²) in [6.07, 6.45) is 1.19. The van der Waals surface area contributed by atoms with Crippen LogP contribution in [0.3, 0.4) is 0 Å². The van der Waals surface area contributed by atoms with Crippen molar-refractivity contribution in [3.05, 3.63) is 35.8 Å². The van der Waals surface area contributed by atoms with Gasteiger partial charge in [0.05, 0.1) is 13.2 Å². The van der Waals surface area contributed by atoms with E-state index < -0.39 is 0 Å². The van der Waals surface area contributed by atoms with Crippen LogP contribution in [-0.2, 0) is 4.74 Å². The van der Waals surface area contributed by atoms with Crippen molar-refractivity contribution in [3.8, 4) is 0 Å². The highest BCUT2D eigenvalue weighted by molar-refractivity contribution is 5.92. The maximum absolute atomic E-state index is 14.1. The molecule has 2 aliphatic heterocycles. The fraction of sp³-hybridized carbons (Fsp3) is 0.526. The summed E-state index contributed by atoms with van der Waals surface area (Å²) >= 11 is 0. The summed E-state index contributed by atoms with van der Waals surface area (Å²) in [7, 11) is 0. The first-order valence-corrected chi connectivity index (χ1v) is 8.81. The standard InChI is InChI=1S/C19H24FN3O/c1-14-11-18(16-3-2-4-17(20)19(16)21-14)23-6-5-15(13-23)12-22-7-9-24-10-8-22/h2-4,11,15H,5-10,12-13H2,1H3. The minimum absolute atomic E-state index is 0.235. The van der Waals surface area contributed by atoms with Gasteiger partial charge in [-0.05, 0) is 31.4 Å². The van der Waals surface area contributed by atoms with Gasteiger partial charge in [-0.25, -0.2) is 9.37 Å². The first kappa shape index (κ1) is 15.8. The summed E-state index contributed by atoms with van der Waals surface area (Å²) < 4.78 is 19.6. The van der Waals surface area contributed by atoms with E-state index in [4.69, 9.17) is 4.74 Å². The normalized spacial score (nSPS) is 22.4. The van der Waals surface area contributed by atoms with Crippen LogP contribution >= 0.6 is 0 Å². The fourth-order valence-electron chi connectivity index (χ4n) is 3.93. The lowest BCUT2D eigenvalue weighted by Gasteiger charge is -2.29. The molecule has 0 spiro atoms. The Morgan fingerprint density at radius 3 is 2.92 bits per heavy atom. The first-order valence-electron chi connectivity index (χ1n) is 8.81. The van der Waals surface area contributed by atoms with Gasteiger partial charge in [-0.2, -0.15) is 0 Å². The predicted molar refractivity (Wildman–Crippen MR) is 94.0 cm³/mol. The van der Waals surface area contributed by atoms with Gasteiger partial charge in [0.15, 0.2) is 0 Å². The molecule has 3 heterocycles. The zero-order valence-electron chi connectivity index (χ0n) is 14.2. The Hall–Kier alpha value is -1.72. The van der Waals surface area contributed by atoms with Gasteiger partial charge in [0.25, 0.3) is 0 Å². The number of hydrogen-bond acceptors (Lipinski definition) is 4. The summed E-state index contributed by atoms with van der Waals surface area (Å²) in [5.41, 5.74) is 2.49. The van der Waals surface area contributed by atoms with Crippen molar-refractivity contribution in [1.82, 2.24) is 9.88 Å². The molecule has 4 nitrogen and oxygen atoms in total. The molecule has 2 aliphatic rings. The molecule has 0 bridgehead atoms. The van der Waals surface area contributed by atoms with Crippen LogP contribution in [0.2, 0.25) is 0 Å². The monoisotopic (exact) mass is 329 g/mol. The maximum atomic E-state index is 14.1. The number of hydrogen-bond donors (Lipinski definition) is 0. The average Bonchev–Trinajstić information content (AvgIpc) is 3.04. The third-order valence-corrected chi connectivity index (χ3v) is 5.14. The van der Waals surface area contributed by atoms with Gasteiger partial charge in [0.1, 0.15) is 11.3 Å². The second-order valence-electron chi connectivity index (χ2n) is 6.93. The van der Waals surface area contributed by atoms with Crippen molar-refractivity contribution in [3.63, 3.8) is 0 Å². The number of rotatable bonds is 3. The summed E-state index contributed by atoms with van der Waals surface area (Å²) in [6.45, 7) is 8.93. The van der Waals surface area contributed by atoms with Gasteiger partial charge in [0, 0.05) is 49.5 Å². The molecule has 0 N–H and O–H groups in total.